The van der Waals surface area contributed by atoms with Gasteiger partial charge in [0.15, 0.2) is 0 Å². The molecule has 0 spiro atoms. The summed E-state index contributed by atoms with van der Waals surface area (Å²) in [6, 6.07) is 15.0. The van der Waals surface area contributed by atoms with Crippen LogP contribution in [0.5, 0.6) is 5.75 Å². The van der Waals surface area contributed by atoms with Crippen molar-refractivity contribution in [3.05, 3.63) is 64.7 Å². The molecule has 6 heteroatoms. The van der Waals surface area contributed by atoms with Crippen LogP contribution in [0.2, 0.25) is 5.02 Å². The van der Waals surface area contributed by atoms with Gasteiger partial charge in [-0.3, -0.25) is 0 Å². The van der Waals surface area contributed by atoms with Crippen molar-refractivity contribution in [2.45, 2.75) is 6.61 Å². The first-order chi connectivity index (χ1) is 10.1. The summed E-state index contributed by atoms with van der Waals surface area (Å²) in [6.45, 7) is 0.435. The van der Waals surface area contributed by atoms with Gasteiger partial charge in [0.25, 0.3) is 0 Å². The van der Waals surface area contributed by atoms with Crippen LogP contribution < -0.4 is 16.2 Å². The second-order valence-corrected chi connectivity index (χ2v) is 4.66. The summed E-state index contributed by atoms with van der Waals surface area (Å²) >= 11 is 5.85. The van der Waals surface area contributed by atoms with E-state index < -0.39 is 0 Å². The van der Waals surface area contributed by atoms with E-state index in [1.807, 2.05) is 48.5 Å². The van der Waals surface area contributed by atoms with E-state index in [9.17, 15) is 0 Å². The Morgan fingerprint density at radius 1 is 1.10 bits per heavy atom. The normalized spacial score (nSPS) is 10.5. The molecule has 0 fully saturated rings. The van der Waals surface area contributed by atoms with Gasteiger partial charge in [0.1, 0.15) is 12.4 Å². The zero-order valence-corrected chi connectivity index (χ0v) is 12.0. The SMILES string of the molecule is NC(N)=N/N=C\c1ccccc1OCc1ccc(Cl)cc1. The molecule has 0 aliphatic carbocycles. The molecule has 4 N–H and O–H groups in total. The maximum Gasteiger partial charge on any atom is 0.211 e. The van der Waals surface area contributed by atoms with Crippen LogP contribution in [0.25, 0.3) is 0 Å². The van der Waals surface area contributed by atoms with E-state index >= 15 is 0 Å². The highest BCUT2D eigenvalue weighted by atomic mass is 35.5. The fourth-order valence-corrected chi connectivity index (χ4v) is 1.74. The molecule has 108 valence electrons. The van der Waals surface area contributed by atoms with Crippen molar-refractivity contribution in [3.8, 4) is 5.75 Å². The van der Waals surface area contributed by atoms with Crippen LogP contribution in [-0.2, 0) is 6.61 Å². The van der Waals surface area contributed by atoms with Crippen LogP contribution in [0.3, 0.4) is 0 Å². The minimum Gasteiger partial charge on any atom is -0.488 e. The topological polar surface area (TPSA) is 86.0 Å². The number of para-hydroxylation sites is 1. The lowest BCUT2D eigenvalue weighted by Gasteiger charge is -2.08. The second-order valence-electron chi connectivity index (χ2n) is 4.22. The molecule has 0 saturated heterocycles. The van der Waals surface area contributed by atoms with E-state index in [1.54, 1.807) is 0 Å². The van der Waals surface area contributed by atoms with Gasteiger partial charge < -0.3 is 16.2 Å². The minimum atomic E-state index is -0.0918. The Balaban J connectivity index is 2.07. The molecule has 0 atom stereocenters. The van der Waals surface area contributed by atoms with Crippen molar-refractivity contribution in [2.24, 2.45) is 21.7 Å². The third-order valence-electron chi connectivity index (χ3n) is 2.60. The lowest BCUT2D eigenvalue weighted by Crippen LogP contribution is -2.21. The second kappa shape index (κ2) is 7.31. The summed E-state index contributed by atoms with van der Waals surface area (Å²) in [4.78, 5) is 0. The number of nitrogens with two attached hydrogens (primary N) is 2. The Morgan fingerprint density at radius 2 is 1.81 bits per heavy atom. The zero-order chi connectivity index (χ0) is 15.1. The van der Waals surface area contributed by atoms with Gasteiger partial charge in [0, 0.05) is 10.6 Å². The van der Waals surface area contributed by atoms with Crippen molar-refractivity contribution < 1.29 is 4.74 Å². The molecule has 2 rings (SSSR count). The third-order valence-corrected chi connectivity index (χ3v) is 2.85. The van der Waals surface area contributed by atoms with Gasteiger partial charge in [-0.25, -0.2) is 0 Å². The average Bonchev–Trinajstić information content (AvgIpc) is 2.47. The van der Waals surface area contributed by atoms with Crippen LogP contribution in [0.1, 0.15) is 11.1 Å². The Hall–Kier alpha value is -2.53. The molecule has 0 aliphatic heterocycles. The van der Waals surface area contributed by atoms with E-state index in [-0.39, 0.29) is 5.96 Å². The summed E-state index contributed by atoms with van der Waals surface area (Å²) < 4.78 is 5.78. The first kappa shape index (κ1) is 14.9. The fourth-order valence-electron chi connectivity index (χ4n) is 1.62. The zero-order valence-electron chi connectivity index (χ0n) is 11.2. The van der Waals surface area contributed by atoms with E-state index in [2.05, 4.69) is 10.2 Å². The molecule has 0 radical (unpaired) electrons. The lowest BCUT2D eigenvalue weighted by atomic mass is 10.2. The predicted octanol–water partition coefficient (Wildman–Crippen LogP) is 2.53. The van der Waals surface area contributed by atoms with Crippen LogP contribution in [0.15, 0.2) is 58.7 Å². The maximum absolute atomic E-state index is 5.85. The summed E-state index contributed by atoms with van der Waals surface area (Å²) in [7, 11) is 0. The molecule has 0 aromatic heterocycles. The first-order valence-electron chi connectivity index (χ1n) is 6.23. The molecule has 0 saturated carbocycles. The highest BCUT2D eigenvalue weighted by Gasteiger charge is 2.01. The van der Waals surface area contributed by atoms with Crippen molar-refractivity contribution in [1.29, 1.82) is 0 Å². The molecule has 0 unspecified atom stereocenters. The van der Waals surface area contributed by atoms with Crippen LogP contribution in [0.4, 0.5) is 0 Å². The van der Waals surface area contributed by atoms with Crippen LogP contribution in [0, 0.1) is 0 Å². The molecule has 0 aliphatic rings. The van der Waals surface area contributed by atoms with E-state index in [0.717, 1.165) is 11.1 Å². The van der Waals surface area contributed by atoms with Gasteiger partial charge in [-0.1, -0.05) is 35.9 Å². The standard InChI is InChI=1S/C15H15ClN4O/c16-13-7-5-11(6-8-13)10-21-14-4-2-1-3-12(14)9-19-20-15(17)18/h1-9H,10H2,(H4,17,18,20)/b19-9-. The number of ether oxygens (including phenoxy) is 1. The number of rotatable bonds is 5. The molecule has 0 amide bonds. The average molecular weight is 303 g/mol. The van der Waals surface area contributed by atoms with Gasteiger partial charge in [-0.2, -0.15) is 5.10 Å². The number of guanidine groups is 1. The number of hydrogen-bond donors (Lipinski definition) is 2. The maximum atomic E-state index is 5.85. The van der Waals surface area contributed by atoms with Crippen LogP contribution in [-0.4, -0.2) is 12.2 Å². The molecular formula is C15H15ClN4O. The number of nitrogens with zero attached hydrogens (tertiary/aromatic N) is 2. The first-order valence-corrected chi connectivity index (χ1v) is 6.61. The molecule has 0 bridgehead atoms. The Bertz CT molecular complexity index is 649. The van der Waals surface area contributed by atoms with Crippen molar-refractivity contribution in [2.75, 3.05) is 0 Å². The highest BCUT2D eigenvalue weighted by Crippen LogP contribution is 2.18. The summed E-state index contributed by atoms with van der Waals surface area (Å²) in [5.41, 5.74) is 12.2. The summed E-state index contributed by atoms with van der Waals surface area (Å²) in [5.74, 6) is 0.604. The minimum absolute atomic E-state index is 0.0918. The smallest absolute Gasteiger partial charge is 0.211 e. The largest absolute Gasteiger partial charge is 0.488 e. The van der Waals surface area contributed by atoms with Crippen molar-refractivity contribution in [1.82, 2.24) is 0 Å². The fraction of sp³-hybridized carbons (Fsp3) is 0.0667. The van der Waals surface area contributed by atoms with Gasteiger partial charge in [0.2, 0.25) is 5.96 Å². The van der Waals surface area contributed by atoms with E-state index in [1.165, 1.54) is 6.21 Å². The molecular weight excluding hydrogens is 288 g/mol. The molecule has 21 heavy (non-hydrogen) atoms. The monoisotopic (exact) mass is 302 g/mol. The number of benzene rings is 2. The van der Waals surface area contributed by atoms with Crippen molar-refractivity contribution in [3.63, 3.8) is 0 Å². The third kappa shape index (κ3) is 4.81. The Kier molecular flexibility index (Phi) is 5.17. The van der Waals surface area contributed by atoms with Gasteiger partial charge >= 0.3 is 0 Å². The molecule has 2 aromatic carbocycles. The van der Waals surface area contributed by atoms with Crippen LogP contribution >= 0.6 is 11.6 Å². The lowest BCUT2D eigenvalue weighted by molar-refractivity contribution is 0.306. The predicted molar refractivity (Wildman–Crippen MR) is 85.6 cm³/mol. The summed E-state index contributed by atoms with van der Waals surface area (Å²) in [5, 5.41) is 8.04. The van der Waals surface area contributed by atoms with Gasteiger partial charge in [-0.05, 0) is 29.8 Å². The number of hydrogen-bond acceptors (Lipinski definition) is 3. The van der Waals surface area contributed by atoms with Gasteiger partial charge in [0.05, 0.1) is 6.21 Å². The molecule has 0 heterocycles. The summed E-state index contributed by atoms with van der Waals surface area (Å²) in [6.07, 6.45) is 1.54. The number of halogens is 1. The van der Waals surface area contributed by atoms with Crippen molar-refractivity contribution >= 4 is 23.8 Å². The van der Waals surface area contributed by atoms with Gasteiger partial charge in [-0.15, -0.1) is 5.10 Å². The Morgan fingerprint density at radius 3 is 2.52 bits per heavy atom. The molecule has 5 nitrogen and oxygen atoms in total. The van der Waals surface area contributed by atoms with E-state index in [0.29, 0.717) is 17.4 Å². The highest BCUT2D eigenvalue weighted by molar-refractivity contribution is 6.30. The van der Waals surface area contributed by atoms with E-state index in [4.69, 9.17) is 27.8 Å². The quantitative estimate of drug-likeness (QED) is 0.505. The Labute approximate surface area is 127 Å². The molecule has 2 aromatic rings.